The molecule has 4 N–H and O–H groups in total. The van der Waals surface area contributed by atoms with Crippen molar-refractivity contribution in [3.63, 3.8) is 0 Å². The Morgan fingerprint density at radius 3 is 2.43 bits per heavy atom. The molecule has 0 aromatic heterocycles. The molecule has 0 saturated carbocycles. The lowest BCUT2D eigenvalue weighted by molar-refractivity contribution is 0.101. The van der Waals surface area contributed by atoms with Crippen molar-refractivity contribution in [2.24, 2.45) is 5.73 Å². The zero-order valence-electron chi connectivity index (χ0n) is 8.00. The Kier molecular flexibility index (Phi) is 3.23. The summed E-state index contributed by atoms with van der Waals surface area (Å²) in [6.07, 6.45) is 0. The van der Waals surface area contributed by atoms with E-state index < -0.39 is 0 Å². The zero-order chi connectivity index (χ0) is 10.6. The molecule has 1 rings (SSSR count). The first-order valence-electron chi connectivity index (χ1n) is 4.27. The average molecular weight is 191 g/mol. The molecule has 0 aliphatic carbocycles. The van der Waals surface area contributed by atoms with Crippen molar-refractivity contribution < 1.29 is 4.79 Å². The van der Waals surface area contributed by atoms with Crippen molar-refractivity contribution in [1.82, 2.24) is 0 Å². The van der Waals surface area contributed by atoms with E-state index >= 15 is 0 Å². The fourth-order valence-corrected chi connectivity index (χ4v) is 1.02. The summed E-state index contributed by atoms with van der Waals surface area (Å²) < 4.78 is 0. The molecule has 0 fully saturated rings. The minimum absolute atomic E-state index is 0.0446. The highest BCUT2D eigenvalue weighted by Gasteiger charge is 1.98. The second-order valence-electron chi connectivity index (χ2n) is 3.01. The highest BCUT2D eigenvalue weighted by Crippen LogP contribution is 2.09. The molecule has 74 valence electrons. The van der Waals surface area contributed by atoms with Crippen LogP contribution in [0.5, 0.6) is 0 Å². The first-order chi connectivity index (χ1) is 6.59. The summed E-state index contributed by atoms with van der Waals surface area (Å²) in [6.45, 7) is 1.84. The quantitative estimate of drug-likeness (QED) is 0.380. The molecule has 4 heteroatoms. The van der Waals surface area contributed by atoms with Gasteiger partial charge in [-0.3, -0.25) is 10.2 Å². The van der Waals surface area contributed by atoms with E-state index in [-0.39, 0.29) is 11.6 Å². The Morgan fingerprint density at radius 1 is 1.43 bits per heavy atom. The number of ketones is 1. The first kappa shape index (κ1) is 10.2. The molecule has 0 radical (unpaired) electrons. The van der Waals surface area contributed by atoms with Crippen LogP contribution in [0.4, 0.5) is 5.69 Å². The van der Waals surface area contributed by atoms with E-state index in [9.17, 15) is 4.79 Å². The molecule has 4 nitrogen and oxygen atoms in total. The SMILES string of the molecule is CC(=O)c1ccc(NCC(=N)N)cc1. The molecule has 0 saturated heterocycles. The summed E-state index contributed by atoms with van der Waals surface area (Å²) >= 11 is 0. The lowest BCUT2D eigenvalue weighted by atomic mass is 10.1. The Balaban J connectivity index is 2.64. The third-order valence-electron chi connectivity index (χ3n) is 1.77. The number of hydrogen-bond donors (Lipinski definition) is 3. The number of rotatable bonds is 4. The average Bonchev–Trinajstić information content (AvgIpc) is 2.15. The van der Waals surface area contributed by atoms with Crippen LogP contribution in [0.3, 0.4) is 0 Å². The van der Waals surface area contributed by atoms with Crippen molar-refractivity contribution in [2.75, 3.05) is 11.9 Å². The van der Waals surface area contributed by atoms with Gasteiger partial charge in [-0.05, 0) is 31.2 Å². The standard InChI is InChI=1S/C10H13N3O/c1-7(14)8-2-4-9(5-3-8)13-6-10(11)12/h2-5,13H,6H2,1H3,(H3,11,12). The van der Waals surface area contributed by atoms with Gasteiger partial charge >= 0.3 is 0 Å². The van der Waals surface area contributed by atoms with Gasteiger partial charge < -0.3 is 11.1 Å². The molecule has 14 heavy (non-hydrogen) atoms. The van der Waals surface area contributed by atoms with Crippen LogP contribution in [0, 0.1) is 5.41 Å². The van der Waals surface area contributed by atoms with Crippen LogP contribution in [-0.2, 0) is 0 Å². The van der Waals surface area contributed by atoms with Gasteiger partial charge in [0.15, 0.2) is 5.78 Å². The van der Waals surface area contributed by atoms with Crippen molar-refractivity contribution in [1.29, 1.82) is 5.41 Å². The summed E-state index contributed by atoms with van der Waals surface area (Å²) in [4.78, 5) is 10.9. The zero-order valence-corrected chi connectivity index (χ0v) is 8.00. The number of benzene rings is 1. The molecule has 0 spiro atoms. The molecule has 0 bridgehead atoms. The summed E-state index contributed by atoms with van der Waals surface area (Å²) in [6, 6.07) is 7.06. The van der Waals surface area contributed by atoms with E-state index in [0.717, 1.165) is 5.69 Å². The maximum absolute atomic E-state index is 10.9. The van der Waals surface area contributed by atoms with Crippen molar-refractivity contribution in [2.45, 2.75) is 6.92 Å². The highest BCUT2D eigenvalue weighted by atomic mass is 16.1. The third-order valence-corrected chi connectivity index (χ3v) is 1.77. The number of anilines is 1. The summed E-state index contributed by atoms with van der Waals surface area (Å²) in [5.41, 5.74) is 6.72. The molecule has 0 atom stereocenters. The minimum atomic E-state index is 0.0446. The predicted molar refractivity (Wildman–Crippen MR) is 56.9 cm³/mol. The molecular formula is C10H13N3O. The van der Waals surface area contributed by atoms with Gasteiger partial charge in [0.05, 0.1) is 6.54 Å². The minimum Gasteiger partial charge on any atom is -0.386 e. The van der Waals surface area contributed by atoms with Gasteiger partial charge in [0.2, 0.25) is 0 Å². The van der Waals surface area contributed by atoms with Crippen LogP contribution < -0.4 is 11.1 Å². The fraction of sp³-hybridized carbons (Fsp3) is 0.200. The van der Waals surface area contributed by atoms with E-state index in [2.05, 4.69) is 5.32 Å². The van der Waals surface area contributed by atoms with Gasteiger partial charge in [0.25, 0.3) is 0 Å². The van der Waals surface area contributed by atoms with Gasteiger partial charge in [-0.2, -0.15) is 0 Å². The van der Waals surface area contributed by atoms with Crippen LogP contribution in [-0.4, -0.2) is 18.2 Å². The molecule has 0 heterocycles. The van der Waals surface area contributed by atoms with Gasteiger partial charge in [-0.1, -0.05) is 0 Å². The number of hydrogen-bond acceptors (Lipinski definition) is 3. The van der Waals surface area contributed by atoms with E-state index in [1.165, 1.54) is 6.92 Å². The molecular weight excluding hydrogens is 178 g/mol. The van der Waals surface area contributed by atoms with Crippen LogP contribution >= 0.6 is 0 Å². The number of carbonyl (C=O) groups excluding carboxylic acids is 1. The van der Waals surface area contributed by atoms with E-state index in [1.54, 1.807) is 24.3 Å². The van der Waals surface area contributed by atoms with Gasteiger partial charge in [0, 0.05) is 11.3 Å². The number of amidine groups is 1. The highest BCUT2D eigenvalue weighted by molar-refractivity contribution is 5.94. The van der Waals surface area contributed by atoms with Crippen LogP contribution in [0.15, 0.2) is 24.3 Å². The van der Waals surface area contributed by atoms with E-state index in [0.29, 0.717) is 12.1 Å². The Morgan fingerprint density at radius 2 is 2.00 bits per heavy atom. The Labute approximate surface area is 82.6 Å². The van der Waals surface area contributed by atoms with Crippen molar-refractivity contribution in [3.8, 4) is 0 Å². The van der Waals surface area contributed by atoms with Crippen LogP contribution in [0.2, 0.25) is 0 Å². The van der Waals surface area contributed by atoms with Crippen molar-refractivity contribution >= 4 is 17.3 Å². The van der Waals surface area contributed by atoms with E-state index in [1.807, 2.05) is 0 Å². The second-order valence-corrected chi connectivity index (χ2v) is 3.01. The lowest BCUT2D eigenvalue weighted by Crippen LogP contribution is -2.20. The van der Waals surface area contributed by atoms with Crippen molar-refractivity contribution in [3.05, 3.63) is 29.8 Å². The summed E-state index contributed by atoms with van der Waals surface area (Å²) in [5, 5.41) is 9.96. The monoisotopic (exact) mass is 191 g/mol. The molecule has 0 aliphatic heterocycles. The Hall–Kier alpha value is -1.84. The molecule has 1 aromatic rings. The fourth-order valence-electron chi connectivity index (χ4n) is 1.02. The van der Waals surface area contributed by atoms with Gasteiger partial charge in [0.1, 0.15) is 5.84 Å². The van der Waals surface area contributed by atoms with Crippen LogP contribution in [0.1, 0.15) is 17.3 Å². The Bertz CT molecular complexity index is 343. The summed E-state index contributed by atoms with van der Waals surface area (Å²) in [7, 11) is 0. The third kappa shape index (κ3) is 2.90. The second kappa shape index (κ2) is 4.41. The molecule has 0 unspecified atom stereocenters. The number of Topliss-reactive ketones (excluding diaryl/α,β-unsaturated/α-hetero) is 1. The lowest BCUT2D eigenvalue weighted by Gasteiger charge is -2.04. The molecule has 1 aromatic carbocycles. The maximum Gasteiger partial charge on any atom is 0.159 e. The van der Waals surface area contributed by atoms with Crippen LogP contribution in [0.25, 0.3) is 0 Å². The normalized spacial score (nSPS) is 9.50. The topological polar surface area (TPSA) is 79.0 Å². The maximum atomic E-state index is 10.9. The number of nitrogens with one attached hydrogen (secondary N) is 2. The molecule has 0 amide bonds. The summed E-state index contributed by atoms with van der Waals surface area (Å²) in [5.74, 6) is 0.128. The predicted octanol–water partition coefficient (Wildman–Crippen LogP) is 1.24. The smallest absolute Gasteiger partial charge is 0.159 e. The van der Waals surface area contributed by atoms with E-state index in [4.69, 9.17) is 11.1 Å². The van der Waals surface area contributed by atoms with Gasteiger partial charge in [-0.25, -0.2) is 0 Å². The molecule has 0 aliphatic rings. The number of nitrogens with two attached hydrogens (primary N) is 1. The van der Waals surface area contributed by atoms with Gasteiger partial charge in [-0.15, -0.1) is 0 Å². The first-order valence-corrected chi connectivity index (χ1v) is 4.27. The largest absolute Gasteiger partial charge is 0.386 e. The number of carbonyl (C=O) groups is 1.